The first-order chi connectivity index (χ1) is 13.1. The van der Waals surface area contributed by atoms with Gasteiger partial charge in [-0.25, -0.2) is 4.39 Å². The smallest absolute Gasteiger partial charge is 0.191 e. The van der Waals surface area contributed by atoms with Gasteiger partial charge in [-0.1, -0.05) is 29.8 Å². The zero-order valence-electron chi connectivity index (χ0n) is 15.8. The highest BCUT2D eigenvalue weighted by Gasteiger charge is 2.12. The summed E-state index contributed by atoms with van der Waals surface area (Å²) in [7, 11) is 3.26. The third-order valence-corrected chi connectivity index (χ3v) is 4.19. The highest BCUT2D eigenvalue weighted by Crippen LogP contribution is 2.36. The number of guanidine groups is 1. The van der Waals surface area contributed by atoms with Gasteiger partial charge in [0.05, 0.1) is 18.7 Å². The molecule has 0 saturated carbocycles. The molecule has 0 unspecified atom stereocenters. The molecule has 0 aromatic heterocycles. The van der Waals surface area contributed by atoms with Gasteiger partial charge in [-0.3, -0.25) is 4.99 Å². The Kier molecular flexibility index (Phi) is 8.20. The van der Waals surface area contributed by atoms with Crippen LogP contribution in [0.2, 0.25) is 5.02 Å². The molecule has 7 heteroatoms. The van der Waals surface area contributed by atoms with Crippen LogP contribution in [0.5, 0.6) is 11.5 Å². The van der Waals surface area contributed by atoms with Gasteiger partial charge in [0.1, 0.15) is 5.82 Å². The molecule has 146 valence electrons. The summed E-state index contributed by atoms with van der Waals surface area (Å²) in [6.45, 7) is 3.46. The molecule has 0 aliphatic heterocycles. The Morgan fingerprint density at radius 3 is 2.67 bits per heavy atom. The Morgan fingerprint density at radius 1 is 1.22 bits per heavy atom. The molecule has 0 spiro atoms. The van der Waals surface area contributed by atoms with Gasteiger partial charge in [-0.15, -0.1) is 0 Å². The summed E-state index contributed by atoms with van der Waals surface area (Å²) in [5.41, 5.74) is 1.60. The minimum atomic E-state index is -0.196. The summed E-state index contributed by atoms with van der Waals surface area (Å²) in [4.78, 5) is 4.18. The molecule has 0 heterocycles. The summed E-state index contributed by atoms with van der Waals surface area (Å²) in [6, 6.07) is 10.5. The average Bonchev–Trinajstić information content (AvgIpc) is 2.67. The molecular formula is C20H25ClFN3O2. The number of halogens is 2. The summed E-state index contributed by atoms with van der Waals surface area (Å²) >= 11 is 6.29. The average molecular weight is 394 g/mol. The molecule has 0 aliphatic carbocycles. The van der Waals surface area contributed by atoms with Crippen LogP contribution >= 0.6 is 11.6 Å². The van der Waals surface area contributed by atoms with E-state index in [1.54, 1.807) is 26.3 Å². The lowest BCUT2D eigenvalue weighted by Gasteiger charge is -2.15. The van der Waals surface area contributed by atoms with Gasteiger partial charge in [0.2, 0.25) is 0 Å². The van der Waals surface area contributed by atoms with Gasteiger partial charge < -0.3 is 20.1 Å². The summed E-state index contributed by atoms with van der Waals surface area (Å²) in [5.74, 6) is 1.55. The molecule has 0 bridgehead atoms. The lowest BCUT2D eigenvalue weighted by molar-refractivity contribution is 0.311. The first-order valence-electron chi connectivity index (χ1n) is 8.76. The number of methoxy groups -OCH3 is 1. The summed E-state index contributed by atoms with van der Waals surface area (Å²) in [6.07, 6.45) is 0.566. The maximum Gasteiger partial charge on any atom is 0.191 e. The fraction of sp³-hybridized carbons (Fsp3) is 0.350. The van der Waals surface area contributed by atoms with Crippen molar-refractivity contribution >= 4 is 17.6 Å². The predicted octanol–water partition coefficient (Wildman–Crippen LogP) is 3.79. The van der Waals surface area contributed by atoms with Crippen LogP contribution in [0.3, 0.4) is 0 Å². The third-order valence-electron chi connectivity index (χ3n) is 3.91. The maximum atomic E-state index is 13.7. The maximum absolute atomic E-state index is 13.7. The fourth-order valence-electron chi connectivity index (χ4n) is 2.58. The predicted molar refractivity (Wildman–Crippen MR) is 107 cm³/mol. The van der Waals surface area contributed by atoms with Gasteiger partial charge in [-0.2, -0.15) is 0 Å². The Hall–Kier alpha value is -2.47. The van der Waals surface area contributed by atoms with Crippen molar-refractivity contribution in [1.29, 1.82) is 0 Å². The first kappa shape index (κ1) is 20.8. The zero-order chi connectivity index (χ0) is 19.6. The van der Waals surface area contributed by atoms with Crippen molar-refractivity contribution in [2.24, 2.45) is 4.99 Å². The van der Waals surface area contributed by atoms with Crippen LogP contribution in [-0.2, 0) is 13.0 Å². The van der Waals surface area contributed by atoms with Crippen LogP contribution in [0.15, 0.2) is 41.4 Å². The number of hydrogen-bond acceptors (Lipinski definition) is 3. The zero-order valence-corrected chi connectivity index (χ0v) is 16.6. The standard InChI is InChI=1S/C20H25ClFN3O2/c1-4-27-19-16(21)11-14(12-18(19)26-3)13-25-20(23-2)24-10-9-15-7-5-6-8-17(15)22/h5-8,11-12H,4,9-10,13H2,1-3H3,(H2,23,24,25). The highest BCUT2D eigenvalue weighted by atomic mass is 35.5. The number of rotatable bonds is 8. The van der Waals surface area contributed by atoms with E-state index >= 15 is 0 Å². The van der Waals surface area contributed by atoms with Crippen molar-refractivity contribution in [2.75, 3.05) is 27.3 Å². The highest BCUT2D eigenvalue weighted by molar-refractivity contribution is 6.32. The molecule has 0 saturated heterocycles. The number of nitrogens with one attached hydrogen (secondary N) is 2. The molecule has 0 amide bonds. The van der Waals surface area contributed by atoms with Crippen molar-refractivity contribution in [2.45, 2.75) is 19.9 Å². The van der Waals surface area contributed by atoms with Crippen molar-refractivity contribution in [3.63, 3.8) is 0 Å². The largest absolute Gasteiger partial charge is 0.493 e. The molecule has 2 aromatic rings. The van der Waals surface area contributed by atoms with Crippen LogP contribution in [0, 0.1) is 5.82 Å². The van der Waals surface area contributed by atoms with E-state index in [1.807, 2.05) is 25.1 Å². The monoisotopic (exact) mass is 393 g/mol. The summed E-state index contributed by atoms with van der Waals surface area (Å²) in [5, 5.41) is 6.88. The second-order valence-electron chi connectivity index (χ2n) is 5.74. The second-order valence-corrected chi connectivity index (χ2v) is 6.14. The lowest BCUT2D eigenvalue weighted by atomic mass is 10.1. The van der Waals surface area contributed by atoms with E-state index in [0.717, 1.165) is 5.56 Å². The van der Waals surface area contributed by atoms with E-state index in [0.29, 0.717) is 54.2 Å². The number of benzene rings is 2. The van der Waals surface area contributed by atoms with Crippen LogP contribution in [0.25, 0.3) is 0 Å². The van der Waals surface area contributed by atoms with Crippen molar-refractivity contribution in [3.05, 3.63) is 58.4 Å². The van der Waals surface area contributed by atoms with E-state index in [-0.39, 0.29) is 5.82 Å². The Balaban J connectivity index is 1.92. The summed E-state index contributed by atoms with van der Waals surface area (Å²) < 4.78 is 24.5. The van der Waals surface area contributed by atoms with E-state index in [4.69, 9.17) is 21.1 Å². The molecule has 2 rings (SSSR count). The Labute approximate surface area is 164 Å². The minimum absolute atomic E-state index is 0.196. The topological polar surface area (TPSA) is 54.9 Å². The van der Waals surface area contributed by atoms with Gasteiger partial charge in [0.15, 0.2) is 17.5 Å². The van der Waals surface area contributed by atoms with Crippen molar-refractivity contribution < 1.29 is 13.9 Å². The van der Waals surface area contributed by atoms with Crippen molar-refractivity contribution in [3.8, 4) is 11.5 Å². The fourth-order valence-corrected chi connectivity index (χ4v) is 2.87. The van der Waals surface area contributed by atoms with Gasteiger partial charge >= 0.3 is 0 Å². The molecule has 2 aromatic carbocycles. The normalized spacial score (nSPS) is 11.2. The van der Waals surface area contributed by atoms with Crippen LogP contribution in [0.4, 0.5) is 4.39 Å². The molecule has 5 nitrogen and oxygen atoms in total. The van der Waals surface area contributed by atoms with Gasteiger partial charge in [0.25, 0.3) is 0 Å². The number of nitrogens with zero attached hydrogens (tertiary/aromatic N) is 1. The minimum Gasteiger partial charge on any atom is -0.493 e. The quantitative estimate of drug-likeness (QED) is 0.529. The SMILES string of the molecule is CCOc1c(Cl)cc(CNC(=NC)NCCc2ccccc2F)cc1OC. The van der Waals surface area contributed by atoms with Gasteiger partial charge in [0, 0.05) is 20.1 Å². The Morgan fingerprint density at radius 2 is 2.00 bits per heavy atom. The van der Waals surface area contributed by atoms with E-state index in [9.17, 15) is 4.39 Å². The number of ether oxygens (including phenoxy) is 2. The molecule has 0 atom stereocenters. The molecular weight excluding hydrogens is 369 g/mol. The van der Waals surface area contributed by atoms with Crippen LogP contribution < -0.4 is 20.1 Å². The molecule has 0 aliphatic rings. The van der Waals surface area contributed by atoms with E-state index in [1.165, 1.54) is 6.07 Å². The first-order valence-corrected chi connectivity index (χ1v) is 9.14. The molecule has 2 N–H and O–H groups in total. The van der Waals surface area contributed by atoms with Gasteiger partial charge in [-0.05, 0) is 42.7 Å². The molecule has 27 heavy (non-hydrogen) atoms. The second kappa shape index (κ2) is 10.6. The third kappa shape index (κ3) is 6.03. The van der Waals surface area contributed by atoms with E-state index in [2.05, 4.69) is 15.6 Å². The number of aliphatic imine (C=N–C) groups is 1. The molecule has 0 fully saturated rings. The van der Waals surface area contributed by atoms with E-state index < -0.39 is 0 Å². The van der Waals surface area contributed by atoms with Crippen LogP contribution in [-0.4, -0.2) is 33.3 Å². The molecule has 0 radical (unpaired) electrons. The van der Waals surface area contributed by atoms with Crippen molar-refractivity contribution in [1.82, 2.24) is 10.6 Å². The Bertz CT molecular complexity index is 784. The number of hydrogen-bond donors (Lipinski definition) is 2. The van der Waals surface area contributed by atoms with Crippen LogP contribution in [0.1, 0.15) is 18.1 Å². The lowest BCUT2D eigenvalue weighted by Crippen LogP contribution is -2.37.